The Hall–Kier alpha value is -2.71. The number of anilines is 2. The van der Waals surface area contributed by atoms with Gasteiger partial charge in [0, 0.05) is 30.4 Å². The first-order valence-electron chi connectivity index (χ1n) is 11.6. The number of nitrogens with one attached hydrogen (secondary N) is 1. The zero-order valence-corrected chi connectivity index (χ0v) is 20.0. The fourth-order valence-electron chi connectivity index (χ4n) is 4.65. The second-order valence-electron chi connectivity index (χ2n) is 8.83. The van der Waals surface area contributed by atoms with Gasteiger partial charge in [-0.05, 0) is 74.1 Å². The van der Waals surface area contributed by atoms with Gasteiger partial charge in [-0.1, -0.05) is 25.5 Å². The standard InChI is InChI=1S/C25H31N3O4S/c1-3-19-8-6-9-21(15-19)26-24(29)17-27-23-12-11-22(16-20(23)10-13-25(27)30)33(31,32)28-14-5-4-7-18(28)2/h6,8-9,11-12,15-16,18H,3-5,7,10,13-14,17H2,1-2H3,(H,26,29). The summed E-state index contributed by atoms with van der Waals surface area (Å²) in [6.45, 7) is 4.41. The normalized spacial score (nSPS) is 19.3. The molecule has 2 aromatic rings. The lowest BCUT2D eigenvalue weighted by Crippen LogP contribution is -2.42. The number of hydrogen-bond donors (Lipinski definition) is 1. The summed E-state index contributed by atoms with van der Waals surface area (Å²) >= 11 is 0. The van der Waals surface area contributed by atoms with Crippen molar-refractivity contribution < 1.29 is 18.0 Å². The summed E-state index contributed by atoms with van der Waals surface area (Å²) in [4.78, 5) is 27.0. The monoisotopic (exact) mass is 469 g/mol. The molecule has 1 saturated heterocycles. The van der Waals surface area contributed by atoms with Gasteiger partial charge in [-0.25, -0.2) is 8.42 Å². The summed E-state index contributed by atoms with van der Waals surface area (Å²) in [5.74, 6) is -0.427. The highest BCUT2D eigenvalue weighted by atomic mass is 32.2. The smallest absolute Gasteiger partial charge is 0.244 e. The lowest BCUT2D eigenvalue weighted by atomic mass is 10.0. The predicted octanol–water partition coefficient (Wildman–Crippen LogP) is 3.73. The van der Waals surface area contributed by atoms with Gasteiger partial charge in [-0.2, -0.15) is 4.31 Å². The minimum atomic E-state index is -3.60. The summed E-state index contributed by atoms with van der Waals surface area (Å²) in [6.07, 6.45) is 4.34. The molecule has 0 radical (unpaired) electrons. The van der Waals surface area contributed by atoms with Crippen LogP contribution in [0.4, 0.5) is 11.4 Å². The maximum absolute atomic E-state index is 13.2. The van der Waals surface area contributed by atoms with E-state index in [1.165, 1.54) is 4.90 Å². The van der Waals surface area contributed by atoms with Gasteiger partial charge in [0.2, 0.25) is 21.8 Å². The van der Waals surface area contributed by atoms with E-state index in [1.54, 1.807) is 22.5 Å². The van der Waals surface area contributed by atoms with Gasteiger partial charge in [0.1, 0.15) is 6.54 Å². The number of fused-ring (bicyclic) bond motifs is 1. The molecular formula is C25H31N3O4S. The number of rotatable bonds is 6. The van der Waals surface area contributed by atoms with Gasteiger partial charge in [0.05, 0.1) is 4.90 Å². The van der Waals surface area contributed by atoms with E-state index in [9.17, 15) is 18.0 Å². The van der Waals surface area contributed by atoms with Crippen LogP contribution in [0.3, 0.4) is 0 Å². The van der Waals surface area contributed by atoms with Crippen LogP contribution in [0.15, 0.2) is 47.4 Å². The Morgan fingerprint density at radius 3 is 2.70 bits per heavy atom. The molecular weight excluding hydrogens is 438 g/mol. The number of carbonyl (C=O) groups excluding carboxylic acids is 2. The van der Waals surface area contributed by atoms with Crippen LogP contribution in [0.1, 0.15) is 50.7 Å². The second kappa shape index (κ2) is 9.65. The first kappa shape index (κ1) is 23.4. The van der Waals surface area contributed by atoms with Crippen molar-refractivity contribution >= 4 is 33.2 Å². The molecule has 0 bridgehead atoms. The van der Waals surface area contributed by atoms with Crippen molar-refractivity contribution in [2.24, 2.45) is 0 Å². The van der Waals surface area contributed by atoms with Gasteiger partial charge < -0.3 is 10.2 Å². The molecule has 1 atom stereocenters. The molecule has 0 saturated carbocycles. The molecule has 1 fully saturated rings. The van der Waals surface area contributed by atoms with Gasteiger partial charge in [0.25, 0.3) is 0 Å². The van der Waals surface area contributed by atoms with Crippen LogP contribution in [0.2, 0.25) is 0 Å². The topological polar surface area (TPSA) is 86.8 Å². The Bertz CT molecular complexity index is 1160. The third-order valence-electron chi connectivity index (χ3n) is 6.52. The summed E-state index contributed by atoms with van der Waals surface area (Å²) in [7, 11) is -3.60. The maximum atomic E-state index is 13.2. The largest absolute Gasteiger partial charge is 0.325 e. The highest BCUT2D eigenvalue weighted by Crippen LogP contribution is 2.32. The fraction of sp³-hybridized carbons (Fsp3) is 0.440. The van der Waals surface area contributed by atoms with E-state index in [-0.39, 0.29) is 35.7 Å². The zero-order chi connectivity index (χ0) is 23.6. The van der Waals surface area contributed by atoms with Crippen molar-refractivity contribution in [1.29, 1.82) is 0 Å². The highest BCUT2D eigenvalue weighted by molar-refractivity contribution is 7.89. The van der Waals surface area contributed by atoms with Gasteiger partial charge in [-0.15, -0.1) is 0 Å². The molecule has 2 aliphatic rings. The summed E-state index contributed by atoms with van der Waals surface area (Å²) in [6, 6.07) is 12.5. The lowest BCUT2D eigenvalue weighted by Gasteiger charge is -2.33. The van der Waals surface area contributed by atoms with E-state index >= 15 is 0 Å². The van der Waals surface area contributed by atoms with Crippen molar-refractivity contribution in [3.05, 3.63) is 53.6 Å². The van der Waals surface area contributed by atoms with Crippen molar-refractivity contribution in [3.8, 4) is 0 Å². The number of sulfonamides is 1. The number of benzene rings is 2. The molecule has 0 aromatic heterocycles. The Labute approximate surface area is 195 Å². The van der Waals surface area contributed by atoms with Crippen molar-refractivity contribution in [2.75, 3.05) is 23.3 Å². The van der Waals surface area contributed by atoms with Crippen molar-refractivity contribution in [1.82, 2.24) is 4.31 Å². The number of piperidine rings is 1. The van der Waals surface area contributed by atoms with E-state index in [1.807, 2.05) is 38.1 Å². The number of amides is 2. The molecule has 2 aliphatic heterocycles. The molecule has 2 aromatic carbocycles. The predicted molar refractivity (Wildman–Crippen MR) is 129 cm³/mol. The minimum Gasteiger partial charge on any atom is -0.325 e. The zero-order valence-electron chi connectivity index (χ0n) is 19.2. The van der Waals surface area contributed by atoms with E-state index < -0.39 is 10.0 Å². The molecule has 176 valence electrons. The SMILES string of the molecule is CCc1cccc(NC(=O)CN2C(=O)CCc3cc(S(=O)(=O)N4CCCCC4C)ccc32)c1. The van der Waals surface area contributed by atoms with E-state index in [2.05, 4.69) is 5.32 Å². The van der Waals surface area contributed by atoms with Crippen LogP contribution >= 0.6 is 0 Å². The maximum Gasteiger partial charge on any atom is 0.244 e. The molecule has 2 amide bonds. The molecule has 7 nitrogen and oxygen atoms in total. The quantitative estimate of drug-likeness (QED) is 0.698. The minimum absolute atomic E-state index is 0.0206. The van der Waals surface area contributed by atoms with E-state index in [0.29, 0.717) is 24.3 Å². The van der Waals surface area contributed by atoms with Crippen molar-refractivity contribution in [2.45, 2.75) is 63.3 Å². The van der Waals surface area contributed by atoms with Crippen molar-refractivity contribution in [3.63, 3.8) is 0 Å². The molecule has 1 N–H and O–H groups in total. The average Bonchev–Trinajstić information content (AvgIpc) is 2.81. The molecule has 2 heterocycles. The highest BCUT2D eigenvalue weighted by Gasteiger charge is 2.33. The average molecular weight is 470 g/mol. The summed E-state index contributed by atoms with van der Waals surface area (Å²) in [5.41, 5.74) is 3.19. The van der Waals surface area contributed by atoms with Crippen LogP contribution in [0.25, 0.3) is 0 Å². The van der Waals surface area contributed by atoms with E-state index in [4.69, 9.17) is 0 Å². The summed E-state index contributed by atoms with van der Waals surface area (Å²) in [5, 5.41) is 2.86. The number of carbonyl (C=O) groups is 2. The van der Waals surface area contributed by atoms with Gasteiger partial charge >= 0.3 is 0 Å². The molecule has 0 aliphatic carbocycles. The molecule has 8 heteroatoms. The van der Waals surface area contributed by atoms with Crippen LogP contribution in [0, 0.1) is 0 Å². The van der Waals surface area contributed by atoms with Gasteiger partial charge in [-0.3, -0.25) is 9.59 Å². The van der Waals surface area contributed by atoms with Crippen LogP contribution in [-0.4, -0.2) is 43.7 Å². The Kier molecular flexibility index (Phi) is 6.86. The van der Waals surface area contributed by atoms with Crippen LogP contribution < -0.4 is 10.2 Å². The second-order valence-corrected chi connectivity index (χ2v) is 10.7. The number of nitrogens with zero attached hydrogens (tertiary/aromatic N) is 2. The third-order valence-corrected chi connectivity index (χ3v) is 8.53. The first-order chi connectivity index (χ1) is 15.8. The first-order valence-corrected chi connectivity index (χ1v) is 13.1. The van der Waals surface area contributed by atoms with Crippen LogP contribution in [0.5, 0.6) is 0 Å². The Morgan fingerprint density at radius 2 is 1.94 bits per heavy atom. The number of hydrogen-bond acceptors (Lipinski definition) is 4. The van der Waals surface area contributed by atoms with E-state index in [0.717, 1.165) is 36.8 Å². The summed E-state index contributed by atoms with van der Waals surface area (Å²) < 4.78 is 28.1. The Balaban J connectivity index is 1.54. The molecule has 0 spiro atoms. The van der Waals surface area contributed by atoms with Gasteiger partial charge in [0.15, 0.2) is 0 Å². The molecule has 1 unspecified atom stereocenters. The Morgan fingerprint density at radius 1 is 1.12 bits per heavy atom. The third kappa shape index (κ3) is 4.96. The number of aryl methyl sites for hydroxylation is 2. The lowest BCUT2D eigenvalue weighted by molar-refractivity contribution is -0.121. The van der Waals surface area contributed by atoms with Crippen LogP contribution in [-0.2, 0) is 32.5 Å². The molecule has 4 rings (SSSR count). The fourth-order valence-corrected chi connectivity index (χ4v) is 6.40. The molecule has 33 heavy (non-hydrogen) atoms.